The normalized spacial score (nSPS) is 12.3. The van der Waals surface area contributed by atoms with Crippen LogP contribution >= 0.6 is 0 Å². The van der Waals surface area contributed by atoms with E-state index in [2.05, 4.69) is 314 Å². The van der Waals surface area contributed by atoms with E-state index in [0.29, 0.717) is 0 Å². The third-order valence-electron chi connectivity index (χ3n) is 15.8. The molecule has 1 heteroatoms. The molecule has 0 spiro atoms. The van der Waals surface area contributed by atoms with Crippen molar-refractivity contribution in [3.63, 3.8) is 0 Å². The Hall–Kier alpha value is -9.82. The summed E-state index contributed by atoms with van der Waals surface area (Å²) in [7, 11) is 0. The lowest BCUT2D eigenvalue weighted by Crippen LogP contribution is -2.28. The van der Waals surface area contributed by atoms with E-state index in [1.54, 1.807) is 0 Å². The number of hydrogen-bond acceptors (Lipinski definition) is 1. The molecule has 0 saturated heterocycles. The van der Waals surface area contributed by atoms with Crippen LogP contribution in [-0.2, 0) is 5.41 Å². The van der Waals surface area contributed by atoms with Gasteiger partial charge in [-0.3, -0.25) is 0 Å². The van der Waals surface area contributed by atoms with Gasteiger partial charge >= 0.3 is 0 Å². The average molecular weight is 966 g/mol. The summed E-state index contributed by atoms with van der Waals surface area (Å²) in [5.74, 6) is 0. The predicted molar refractivity (Wildman–Crippen MR) is 321 cm³/mol. The van der Waals surface area contributed by atoms with Crippen LogP contribution in [0.15, 0.2) is 309 Å². The largest absolute Gasteiger partial charge is 0.309 e. The van der Waals surface area contributed by atoms with E-state index < -0.39 is 5.41 Å². The zero-order valence-electron chi connectivity index (χ0n) is 41.9. The molecule has 0 unspecified atom stereocenters. The number of fused-ring (bicyclic) bond motifs is 6. The summed E-state index contributed by atoms with van der Waals surface area (Å²) in [6.45, 7) is 0. The molecule has 0 N–H and O–H groups in total. The lowest BCUT2D eigenvalue weighted by Gasteiger charge is -2.35. The molecule has 1 nitrogen and oxygen atoms in total. The van der Waals surface area contributed by atoms with Crippen LogP contribution in [0.2, 0.25) is 0 Å². The molecule has 0 atom stereocenters. The Bertz CT molecular complexity index is 4160. The van der Waals surface area contributed by atoms with Crippen LogP contribution in [0, 0.1) is 0 Å². The Morgan fingerprint density at radius 1 is 0.224 bits per heavy atom. The molecule has 0 fully saturated rings. The second-order valence-electron chi connectivity index (χ2n) is 19.9. The smallest absolute Gasteiger partial charge is 0.0714 e. The maximum atomic E-state index is 2.59. The Balaban J connectivity index is 0.995. The fourth-order valence-electron chi connectivity index (χ4n) is 12.3. The third-order valence-corrected chi connectivity index (χ3v) is 15.8. The van der Waals surface area contributed by atoms with Gasteiger partial charge in [-0.15, -0.1) is 0 Å². The van der Waals surface area contributed by atoms with Crippen molar-refractivity contribution in [2.45, 2.75) is 5.41 Å². The molecule has 0 heterocycles. The van der Waals surface area contributed by atoms with E-state index in [1.807, 2.05) is 0 Å². The molecule has 1 aliphatic carbocycles. The van der Waals surface area contributed by atoms with Crippen molar-refractivity contribution < 1.29 is 0 Å². The van der Waals surface area contributed by atoms with E-state index in [1.165, 1.54) is 99.4 Å². The fourth-order valence-corrected chi connectivity index (χ4v) is 12.3. The van der Waals surface area contributed by atoms with Gasteiger partial charge < -0.3 is 4.90 Å². The van der Waals surface area contributed by atoms with Crippen LogP contribution in [0.5, 0.6) is 0 Å². The molecule has 0 radical (unpaired) electrons. The SMILES string of the molecule is c1ccc(-c2ccc(-c3ccc(-c4ccc(N(c5cccc6c5-c5ccccc5C6(c5ccccc5)c5ccccc5)c5c(-c6ccc(-c7ccccc7)cc6)c6ccccc6c6ccccc56)cc4)cc3)cc2)cc1. The highest BCUT2D eigenvalue weighted by Crippen LogP contribution is 2.61. The monoisotopic (exact) mass is 965 g/mol. The van der Waals surface area contributed by atoms with Crippen LogP contribution in [0.3, 0.4) is 0 Å². The quantitative estimate of drug-likeness (QED) is 0.123. The fraction of sp³-hybridized carbons (Fsp3) is 0.0133. The van der Waals surface area contributed by atoms with Crippen molar-refractivity contribution in [1.82, 2.24) is 0 Å². The van der Waals surface area contributed by atoms with Crippen molar-refractivity contribution in [2.75, 3.05) is 4.90 Å². The second-order valence-corrected chi connectivity index (χ2v) is 19.9. The molecule has 1 aliphatic rings. The summed E-state index contributed by atoms with van der Waals surface area (Å²) >= 11 is 0. The van der Waals surface area contributed by atoms with Crippen molar-refractivity contribution in [3.8, 4) is 66.8 Å². The molecule has 0 aliphatic heterocycles. The summed E-state index contributed by atoms with van der Waals surface area (Å²) < 4.78 is 0. The van der Waals surface area contributed by atoms with Crippen LogP contribution in [0.4, 0.5) is 17.1 Å². The molecule has 13 aromatic rings. The van der Waals surface area contributed by atoms with E-state index in [9.17, 15) is 0 Å². The summed E-state index contributed by atoms with van der Waals surface area (Å²) in [6, 6.07) is 114. The minimum atomic E-state index is -0.572. The van der Waals surface area contributed by atoms with Gasteiger partial charge in [0.2, 0.25) is 0 Å². The Kier molecular flexibility index (Phi) is 11.2. The van der Waals surface area contributed by atoms with Crippen molar-refractivity contribution in [1.29, 1.82) is 0 Å². The number of benzene rings is 13. The standard InChI is InChI=1S/C75H51N/c1-5-20-52(21-6-1)54-36-38-56(39-37-54)57-40-42-58(43-41-57)59-48-50-63(51-49-59)76(71-35-19-34-70-73(71)68-32-17-18-33-69(68)75(70,61-24-9-3-10-25-61)62-26-11-4-12-27-62)74-67-31-16-14-29-65(67)64-28-13-15-30-66(64)72(74)60-46-44-55(45-47-60)53-22-7-2-8-23-53/h1-51H. The Morgan fingerprint density at radius 3 is 1.08 bits per heavy atom. The average Bonchev–Trinajstić information content (AvgIpc) is 3.82. The first-order chi connectivity index (χ1) is 37.7. The van der Waals surface area contributed by atoms with Gasteiger partial charge in [0.25, 0.3) is 0 Å². The van der Waals surface area contributed by atoms with Crippen molar-refractivity contribution in [3.05, 3.63) is 332 Å². The molecule has 356 valence electrons. The van der Waals surface area contributed by atoms with Crippen molar-refractivity contribution >= 4 is 38.6 Å². The van der Waals surface area contributed by atoms with Crippen molar-refractivity contribution in [2.24, 2.45) is 0 Å². The molecule has 14 rings (SSSR count). The van der Waals surface area contributed by atoms with E-state index in [4.69, 9.17) is 0 Å². The van der Waals surface area contributed by atoms with Gasteiger partial charge in [-0.05, 0) is 112 Å². The maximum absolute atomic E-state index is 2.59. The molecular weight excluding hydrogens is 915 g/mol. The lowest BCUT2D eigenvalue weighted by atomic mass is 9.68. The van der Waals surface area contributed by atoms with Crippen LogP contribution in [0.1, 0.15) is 22.3 Å². The van der Waals surface area contributed by atoms with Crippen LogP contribution in [0.25, 0.3) is 88.3 Å². The molecule has 0 saturated carbocycles. The van der Waals surface area contributed by atoms with Gasteiger partial charge in [0.15, 0.2) is 0 Å². The molecule has 0 aromatic heterocycles. The zero-order chi connectivity index (χ0) is 50.4. The maximum Gasteiger partial charge on any atom is 0.0714 e. The molecule has 0 bridgehead atoms. The van der Waals surface area contributed by atoms with Crippen LogP contribution < -0.4 is 4.90 Å². The predicted octanol–water partition coefficient (Wildman–Crippen LogP) is 20.2. The Morgan fingerprint density at radius 2 is 0.579 bits per heavy atom. The minimum Gasteiger partial charge on any atom is -0.309 e. The van der Waals surface area contributed by atoms with Gasteiger partial charge in [0.05, 0.1) is 16.8 Å². The number of anilines is 3. The van der Waals surface area contributed by atoms with Gasteiger partial charge in [-0.1, -0.05) is 291 Å². The van der Waals surface area contributed by atoms with Gasteiger partial charge in [-0.2, -0.15) is 0 Å². The first-order valence-electron chi connectivity index (χ1n) is 26.3. The van der Waals surface area contributed by atoms with Gasteiger partial charge in [0, 0.05) is 22.2 Å². The Labute approximate surface area is 444 Å². The highest BCUT2D eigenvalue weighted by Gasteiger charge is 2.47. The number of nitrogens with zero attached hydrogens (tertiary/aromatic N) is 1. The summed E-state index contributed by atoms with van der Waals surface area (Å²) in [5.41, 5.74) is 22.1. The van der Waals surface area contributed by atoms with E-state index in [0.717, 1.165) is 28.2 Å². The van der Waals surface area contributed by atoms with E-state index in [-0.39, 0.29) is 0 Å². The highest BCUT2D eigenvalue weighted by molar-refractivity contribution is 6.23. The first kappa shape index (κ1) is 44.8. The molecule has 76 heavy (non-hydrogen) atoms. The van der Waals surface area contributed by atoms with Crippen LogP contribution in [-0.4, -0.2) is 0 Å². The summed E-state index contributed by atoms with van der Waals surface area (Å²) in [6.07, 6.45) is 0. The lowest BCUT2D eigenvalue weighted by molar-refractivity contribution is 0.768. The number of rotatable bonds is 10. The van der Waals surface area contributed by atoms with Gasteiger partial charge in [0.1, 0.15) is 0 Å². The topological polar surface area (TPSA) is 3.24 Å². The summed E-state index contributed by atoms with van der Waals surface area (Å²) in [4.78, 5) is 2.59. The molecule has 13 aromatic carbocycles. The zero-order valence-corrected chi connectivity index (χ0v) is 41.9. The molecular formula is C75H51N. The first-order valence-corrected chi connectivity index (χ1v) is 26.3. The highest BCUT2D eigenvalue weighted by atomic mass is 15.2. The van der Waals surface area contributed by atoms with E-state index >= 15 is 0 Å². The summed E-state index contributed by atoms with van der Waals surface area (Å²) in [5, 5.41) is 4.83. The van der Waals surface area contributed by atoms with Gasteiger partial charge in [-0.25, -0.2) is 0 Å². The molecule has 0 amide bonds. The third kappa shape index (κ3) is 7.47. The number of hydrogen-bond donors (Lipinski definition) is 0. The minimum absolute atomic E-state index is 0.572. The second kappa shape index (κ2) is 18.9.